The minimum atomic E-state index is -0.759. The standard InChI is InChI=1S/C26H28ClNO6/c1-16(2)15-33-18-6-7-20(24-13-22(29)19-4-3-5-21(27)25(19)34-24)23(12-18)32-11-10-28-9-8-17(14-28)26(30)31/h3-7,12-13,16-17H,8-11,14-15H2,1-2H3,(H,30,31)/t17-/m1/s1. The molecule has 180 valence electrons. The molecule has 1 aliphatic heterocycles. The lowest BCUT2D eigenvalue weighted by Gasteiger charge is -2.18. The number of rotatable bonds is 9. The average molecular weight is 486 g/mol. The first-order chi connectivity index (χ1) is 16.3. The van der Waals surface area contributed by atoms with Crippen LogP contribution < -0.4 is 14.9 Å². The van der Waals surface area contributed by atoms with Crippen molar-refractivity contribution < 1.29 is 23.8 Å². The van der Waals surface area contributed by atoms with Gasteiger partial charge >= 0.3 is 5.97 Å². The van der Waals surface area contributed by atoms with Crippen molar-refractivity contribution in [2.45, 2.75) is 20.3 Å². The van der Waals surface area contributed by atoms with Crippen LogP contribution >= 0.6 is 11.6 Å². The molecule has 1 aromatic heterocycles. The molecule has 7 nitrogen and oxygen atoms in total. The molecular weight excluding hydrogens is 458 g/mol. The summed E-state index contributed by atoms with van der Waals surface area (Å²) >= 11 is 6.28. The minimum absolute atomic E-state index is 0.193. The van der Waals surface area contributed by atoms with Crippen molar-refractivity contribution in [2.24, 2.45) is 11.8 Å². The van der Waals surface area contributed by atoms with E-state index >= 15 is 0 Å². The Morgan fingerprint density at radius 3 is 2.79 bits per heavy atom. The zero-order valence-corrected chi connectivity index (χ0v) is 20.0. The lowest BCUT2D eigenvalue weighted by molar-refractivity contribution is -0.141. The highest BCUT2D eigenvalue weighted by Crippen LogP contribution is 2.35. The minimum Gasteiger partial charge on any atom is -0.493 e. The van der Waals surface area contributed by atoms with Gasteiger partial charge in [0.25, 0.3) is 0 Å². The van der Waals surface area contributed by atoms with Gasteiger partial charge in [-0.3, -0.25) is 14.5 Å². The lowest BCUT2D eigenvalue weighted by atomic mass is 10.1. The van der Waals surface area contributed by atoms with Crippen LogP contribution in [0.3, 0.4) is 0 Å². The smallest absolute Gasteiger partial charge is 0.307 e. The number of benzene rings is 2. The molecule has 0 saturated carbocycles. The number of para-hydroxylation sites is 1. The Morgan fingerprint density at radius 1 is 1.24 bits per heavy atom. The number of carboxylic acid groups (broad SMARTS) is 1. The van der Waals surface area contributed by atoms with Crippen LogP contribution in [0.4, 0.5) is 0 Å². The van der Waals surface area contributed by atoms with Gasteiger partial charge in [-0.2, -0.15) is 0 Å². The normalized spacial score (nSPS) is 16.3. The predicted octanol–water partition coefficient (Wildman–Crippen LogP) is 4.93. The lowest BCUT2D eigenvalue weighted by Crippen LogP contribution is -2.27. The van der Waals surface area contributed by atoms with Gasteiger partial charge in [0.2, 0.25) is 0 Å². The molecule has 0 radical (unpaired) electrons. The van der Waals surface area contributed by atoms with E-state index in [-0.39, 0.29) is 11.3 Å². The molecule has 0 bridgehead atoms. The van der Waals surface area contributed by atoms with E-state index in [1.807, 2.05) is 12.1 Å². The number of halogens is 1. The SMILES string of the molecule is CC(C)COc1ccc(-c2cc(=O)c3cccc(Cl)c3o2)c(OCCN2CC[C@@H](C(=O)O)C2)c1. The topological polar surface area (TPSA) is 89.2 Å². The van der Waals surface area contributed by atoms with E-state index in [1.54, 1.807) is 24.3 Å². The fourth-order valence-electron chi connectivity index (χ4n) is 3.98. The number of aliphatic carboxylic acids is 1. The summed E-state index contributed by atoms with van der Waals surface area (Å²) in [6, 6.07) is 11.9. The van der Waals surface area contributed by atoms with E-state index in [1.165, 1.54) is 6.07 Å². The van der Waals surface area contributed by atoms with Crippen LogP contribution in [0.2, 0.25) is 5.02 Å². The van der Waals surface area contributed by atoms with Crippen LogP contribution in [0.5, 0.6) is 11.5 Å². The van der Waals surface area contributed by atoms with E-state index < -0.39 is 5.97 Å². The number of hydrogen-bond acceptors (Lipinski definition) is 6. The molecule has 1 saturated heterocycles. The molecule has 34 heavy (non-hydrogen) atoms. The van der Waals surface area contributed by atoms with Gasteiger partial charge in [-0.1, -0.05) is 31.5 Å². The van der Waals surface area contributed by atoms with Crippen molar-refractivity contribution in [3.63, 3.8) is 0 Å². The van der Waals surface area contributed by atoms with Crippen LogP contribution in [-0.2, 0) is 4.79 Å². The fourth-order valence-corrected chi connectivity index (χ4v) is 4.19. The second kappa shape index (κ2) is 10.5. The second-order valence-electron chi connectivity index (χ2n) is 8.93. The number of likely N-dealkylation sites (tertiary alicyclic amines) is 1. The van der Waals surface area contributed by atoms with Crippen LogP contribution in [0.15, 0.2) is 51.7 Å². The Morgan fingerprint density at radius 2 is 2.06 bits per heavy atom. The number of ether oxygens (including phenoxy) is 2. The molecule has 0 aliphatic carbocycles. The van der Waals surface area contributed by atoms with Crippen LogP contribution in [-0.4, -0.2) is 48.8 Å². The zero-order valence-electron chi connectivity index (χ0n) is 19.3. The Kier molecular flexibility index (Phi) is 7.44. The van der Waals surface area contributed by atoms with Gasteiger partial charge in [-0.05, 0) is 43.1 Å². The van der Waals surface area contributed by atoms with E-state index in [4.69, 9.17) is 25.5 Å². The molecule has 2 heterocycles. The third-order valence-corrected chi connectivity index (χ3v) is 6.09. The Bertz CT molecular complexity index is 1240. The van der Waals surface area contributed by atoms with Crippen LogP contribution in [0.25, 0.3) is 22.3 Å². The molecule has 1 atom stereocenters. The quantitative estimate of drug-likeness (QED) is 0.459. The average Bonchev–Trinajstić information content (AvgIpc) is 3.28. The van der Waals surface area contributed by atoms with Crippen molar-refractivity contribution in [1.82, 2.24) is 4.90 Å². The number of carbonyl (C=O) groups is 1. The molecule has 1 fully saturated rings. The molecule has 8 heteroatoms. The first kappa shape index (κ1) is 24.1. The summed E-state index contributed by atoms with van der Waals surface area (Å²) in [5, 5.41) is 9.99. The summed E-state index contributed by atoms with van der Waals surface area (Å²) in [7, 11) is 0. The van der Waals surface area contributed by atoms with E-state index in [9.17, 15) is 14.7 Å². The molecule has 1 aliphatic rings. The molecule has 0 unspecified atom stereocenters. The maximum Gasteiger partial charge on any atom is 0.307 e. The summed E-state index contributed by atoms with van der Waals surface area (Å²) in [5.41, 5.74) is 0.747. The molecule has 2 aromatic carbocycles. The second-order valence-corrected chi connectivity index (χ2v) is 9.33. The highest BCUT2D eigenvalue weighted by atomic mass is 35.5. The maximum absolute atomic E-state index is 12.7. The highest BCUT2D eigenvalue weighted by Gasteiger charge is 2.27. The molecule has 1 N–H and O–H groups in total. The van der Waals surface area contributed by atoms with Gasteiger partial charge in [-0.15, -0.1) is 0 Å². The molecular formula is C26H28ClNO6. The monoisotopic (exact) mass is 485 g/mol. The largest absolute Gasteiger partial charge is 0.493 e. The third kappa shape index (κ3) is 5.54. The third-order valence-electron chi connectivity index (χ3n) is 5.80. The Hall–Kier alpha value is -3.03. The summed E-state index contributed by atoms with van der Waals surface area (Å²) in [5.74, 6) is 0.793. The van der Waals surface area contributed by atoms with Gasteiger partial charge in [0.05, 0.1) is 28.5 Å². The first-order valence-electron chi connectivity index (χ1n) is 11.4. The van der Waals surface area contributed by atoms with Crippen LogP contribution in [0, 0.1) is 11.8 Å². The van der Waals surface area contributed by atoms with Crippen molar-refractivity contribution in [1.29, 1.82) is 0 Å². The van der Waals surface area contributed by atoms with Gasteiger partial charge in [0.15, 0.2) is 11.0 Å². The van der Waals surface area contributed by atoms with E-state index in [2.05, 4.69) is 18.7 Å². The van der Waals surface area contributed by atoms with Crippen molar-refractivity contribution in [3.8, 4) is 22.8 Å². The number of nitrogens with zero attached hydrogens (tertiary/aromatic N) is 1. The van der Waals surface area contributed by atoms with E-state index in [0.29, 0.717) is 77.5 Å². The Labute approximate surface area is 202 Å². The van der Waals surface area contributed by atoms with Crippen molar-refractivity contribution >= 4 is 28.5 Å². The van der Waals surface area contributed by atoms with Crippen molar-refractivity contribution in [2.75, 3.05) is 32.8 Å². The maximum atomic E-state index is 12.7. The highest BCUT2D eigenvalue weighted by molar-refractivity contribution is 6.34. The predicted molar refractivity (Wildman–Crippen MR) is 131 cm³/mol. The fraction of sp³-hybridized carbons (Fsp3) is 0.385. The van der Waals surface area contributed by atoms with Gasteiger partial charge in [0.1, 0.15) is 23.9 Å². The van der Waals surface area contributed by atoms with Gasteiger partial charge < -0.3 is 19.0 Å². The summed E-state index contributed by atoms with van der Waals surface area (Å²) in [6.07, 6.45) is 0.641. The Balaban J connectivity index is 1.60. The summed E-state index contributed by atoms with van der Waals surface area (Å²) in [4.78, 5) is 26.0. The summed E-state index contributed by atoms with van der Waals surface area (Å²) in [6.45, 7) is 6.88. The number of hydrogen-bond donors (Lipinski definition) is 1. The van der Waals surface area contributed by atoms with Gasteiger partial charge in [-0.25, -0.2) is 0 Å². The molecule has 0 spiro atoms. The van der Waals surface area contributed by atoms with Crippen LogP contribution in [0.1, 0.15) is 20.3 Å². The summed E-state index contributed by atoms with van der Waals surface area (Å²) < 4.78 is 18.0. The number of carboxylic acids is 1. The van der Waals surface area contributed by atoms with Gasteiger partial charge in [0, 0.05) is 25.2 Å². The number of fused-ring (bicyclic) bond motifs is 1. The molecule has 4 rings (SSSR count). The first-order valence-corrected chi connectivity index (χ1v) is 11.8. The molecule has 3 aromatic rings. The zero-order chi connectivity index (χ0) is 24.2. The molecule has 0 amide bonds. The van der Waals surface area contributed by atoms with Crippen molar-refractivity contribution in [3.05, 3.63) is 57.7 Å². The van der Waals surface area contributed by atoms with E-state index in [0.717, 1.165) is 6.54 Å².